The monoisotopic (exact) mass is 249 g/mol. The highest BCUT2D eigenvalue weighted by Crippen LogP contribution is 2.29. The summed E-state index contributed by atoms with van der Waals surface area (Å²) in [7, 11) is 1.71. The number of ether oxygens (including phenoxy) is 2. The van der Waals surface area contributed by atoms with Crippen LogP contribution >= 0.6 is 0 Å². The van der Waals surface area contributed by atoms with Crippen LogP contribution in [0, 0.1) is 0 Å². The molecule has 0 saturated carbocycles. The van der Waals surface area contributed by atoms with Crippen LogP contribution in [0.4, 0.5) is 0 Å². The van der Waals surface area contributed by atoms with Gasteiger partial charge in [0.05, 0.1) is 12.6 Å². The van der Waals surface area contributed by atoms with Crippen LogP contribution in [0.2, 0.25) is 0 Å². The van der Waals surface area contributed by atoms with Crippen molar-refractivity contribution in [2.45, 2.75) is 38.7 Å². The second-order valence-electron chi connectivity index (χ2n) is 5.28. The predicted molar refractivity (Wildman–Crippen MR) is 72.4 cm³/mol. The van der Waals surface area contributed by atoms with E-state index in [1.807, 2.05) is 6.92 Å². The Bertz CT molecular complexity index is 381. The number of hydrogen-bond acceptors (Lipinski definition) is 3. The number of morpholine rings is 1. The second-order valence-corrected chi connectivity index (χ2v) is 5.28. The fourth-order valence-corrected chi connectivity index (χ4v) is 2.61. The van der Waals surface area contributed by atoms with Crippen LogP contribution in [0.15, 0.2) is 30.3 Å². The molecule has 3 heteroatoms. The molecule has 1 saturated heterocycles. The fraction of sp³-hybridized carbons (Fsp3) is 0.600. The third kappa shape index (κ3) is 2.91. The first-order valence-electron chi connectivity index (χ1n) is 6.56. The standard InChI is InChI=1S/C15H23NO2/c1-12-10-16(11-15(3,17-4)18-12)13(2)14-8-6-5-7-9-14/h5-9,12-13H,10-11H2,1-4H3/t12-,13-,15+/m0/s1. The van der Waals surface area contributed by atoms with E-state index >= 15 is 0 Å². The Labute approximate surface area is 110 Å². The van der Waals surface area contributed by atoms with Crippen molar-refractivity contribution < 1.29 is 9.47 Å². The van der Waals surface area contributed by atoms with Crippen molar-refractivity contribution >= 4 is 0 Å². The highest BCUT2D eigenvalue weighted by atomic mass is 16.7. The van der Waals surface area contributed by atoms with Gasteiger partial charge >= 0.3 is 0 Å². The quantitative estimate of drug-likeness (QED) is 0.822. The molecule has 0 aromatic heterocycles. The Morgan fingerprint density at radius 3 is 2.67 bits per heavy atom. The molecule has 1 aliphatic rings. The molecule has 0 unspecified atom stereocenters. The van der Waals surface area contributed by atoms with E-state index in [1.165, 1.54) is 5.56 Å². The average Bonchev–Trinajstić information content (AvgIpc) is 2.38. The molecular formula is C15H23NO2. The van der Waals surface area contributed by atoms with Crippen LogP contribution in [-0.4, -0.2) is 37.0 Å². The molecule has 3 nitrogen and oxygen atoms in total. The van der Waals surface area contributed by atoms with Crippen molar-refractivity contribution in [1.82, 2.24) is 4.90 Å². The molecule has 1 heterocycles. The first kappa shape index (κ1) is 13.5. The zero-order valence-corrected chi connectivity index (χ0v) is 11.7. The third-order valence-electron chi connectivity index (χ3n) is 3.69. The number of rotatable bonds is 3. The van der Waals surface area contributed by atoms with Gasteiger partial charge in [-0.25, -0.2) is 0 Å². The maximum absolute atomic E-state index is 5.88. The van der Waals surface area contributed by atoms with Crippen molar-refractivity contribution in [3.8, 4) is 0 Å². The van der Waals surface area contributed by atoms with Crippen LogP contribution in [0.25, 0.3) is 0 Å². The molecule has 18 heavy (non-hydrogen) atoms. The van der Waals surface area contributed by atoms with E-state index < -0.39 is 5.79 Å². The molecule has 0 bridgehead atoms. The molecule has 1 aliphatic heterocycles. The summed E-state index contributed by atoms with van der Waals surface area (Å²) in [5.41, 5.74) is 1.34. The molecule has 0 spiro atoms. The van der Waals surface area contributed by atoms with Crippen molar-refractivity contribution in [1.29, 1.82) is 0 Å². The third-order valence-corrected chi connectivity index (χ3v) is 3.69. The molecule has 3 atom stereocenters. The van der Waals surface area contributed by atoms with Crippen molar-refractivity contribution in [3.05, 3.63) is 35.9 Å². The Balaban J connectivity index is 2.13. The highest BCUT2D eigenvalue weighted by Gasteiger charge is 2.37. The summed E-state index contributed by atoms with van der Waals surface area (Å²) in [5, 5.41) is 0. The molecule has 0 radical (unpaired) electrons. The average molecular weight is 249 g/mol. The first-order chi connectivity index (χ1) is 8.54. The van der Waals surface area contributed by atoms with Gasteiger partial charge in [0.2, 0.25) is 0 Å². The van der Waals surface area contributed by atoms with Gasteiger partial charge in [-0.2, -0.15) is 0 Å². The van der Waals surface area contributed by atoms with Gasteiger partial charge in [0, 0.05) is 19.7 Å². The number of benzene rings is 1. The summed E-state index contributed by atoms with van der Waals surface area (Å²) in [6.07, 6.45) is 0.190. The van der Waals surface area contributed by atoms with Gasteiger partial charge in [-0.05, 0) is 26.3 Å². The first-order valence-corrected chi connectivity index (χ1v) is 6.56. The predicted octanol–water partition coefficient (Wildman–Crippen LogP) is 2.83. The Hall–Kier alpha value is -0.900. The Morgan fingerprint density at radius 1 is 1.39 bits per heavy atom. The molecule has 1 aromatic carbocycles. The number of methoxy groups -OCH3 is 1. The van der Waals surface area contributed by atoms with Crippen molar-refractivity contribution in [2.24, 2.45) is 0 Å². The van der Waals surface area contributed by atoms with Gasteiger partial charge in [0.1, 0.15) is 0 Å². The molecular weight excluding hydrogens is 226 g/mol. The minimum atomic E-state index is -0.499. The van der Waals surface area contributed by atoms with E-state index in [-0.39, 0.29) is 6.10 Å². The van der Waals surface area contributed by atoms with E-state index in [1.54, 1.807) is 7.11 Å². The van der Waals surface area contributed by atoms with E-state index in [9.17, 15) is 0 Å². The van der Waals surface area contributed by atoms with E-state index in [4.69, 9.17) is 9.47 Å². The summed E-state index contributed by atoms with van der Waals surface area (Å²) >= 11 is 0. The van der Waals surface area contributed by atoms with Gasteiger partial charge in [0.25, 0.3) is 0 Å². The van der Waals surface area contributed by atoms with Crippen molar-refractivity contribution in [3.63, 3.8) is 0 Å². The summed E-state index contributed by atoms with van der Waals surface area (Å²) in [6, 6.07) is 11.0. The molecule has 1 aromatic rings. The zero-order chi connectivity index (χ0) is 13.2. The molecule has 0 N–H and O–H groups in total. The summed E-state index contributed by atoms with van der Waals surface area (Å²) in [6.45, 7) is 8.08. The van der Waals surface area contributed by atoms with E-state index in [2.05, 4.69) is 49.1 Å². The van der Waals surface area contributed by atoms with Gasteiger partial charge in [-0.15, -0.1) is 0 Å². The minimum absolute atomic E-state index is 0.190. The summed E-state index contributed by atoms with van der Waals surface area (Å²) in [4.78, 5) is 2.42. The lowest BCUT2D eigenvalue weighted by Crippen LogP contribution is -2.54. The summed E-state index contributed by atoms with van der Waals surface area (Å²) in [5.74, 6) is -0.499. The van der Waals surface area contributed by atoms with Crippen LogP contribution in [0.3, 0.4) is 0 Å². The molecule has 1 fully saturated rings. The lowest BCUT2D eigenvalue weighted by Gasteiger charge is -2.45. The lowest BCUT2D eigenvalue weighted by atomic mass is 10.0. The number of hydrogen-bond donors (Lipinski definition) is 0. The van der Waals surface area contributed by atoms with Crippen molar-refractivity contribution in [2.75, 3.05) is 20.2 Å². The molecule has 2 rings (SSSR count). The highest BCUT2D eigenvalue weighted by molar-refractivity contribution is 5.18. The SMILES string of the molecule is CO[C@@]1(C)CN([C@@H](C)c2ccccc2)C[C@H](C)O1. The Morgan fingerprint density at radius 2 is 2.06 bits per heavy atom. The van der Waals surface area contributed by atoms with Crippen LogP contribution in [-0.2, 0) is 9.47 Å². The van der Waals surface area contributed by atoms with Gasteiger partial charge < -0.3 is 9.47 Å². The number of nitrogens with zero attached hydrogens (tertiary/aromatic N) is 1. The second kappa shape index (κ2) is 5.39. The maximum Gasteiger partial charge on any atom is 0.178 e. The largest absolute Gasteiger partial charge is 0.352 e. The minimum Gasteiger partial charge on any atom is -0.352 e. The maximum atomic E-state index is 5.88. The zero-order valence-electron chi connectivity index (χ0n) is 11.7. The molecule has 100 valence electrons. The van der Waals surface area contributed by atoms with Gasteiger partial charge in [-0.3, -0.25) is 4.90 Å². The molecule has 0 amide bonds. The molecule has 0 aliphatic carbocycles. The topological polar surface area (TPSA) is 21.7 Å². The van der Waals surface area contributed by atoms with Gasteiger partial charge in [0.15, 0.2) is 5.79 Å². The lowest BCUT2D eigenvalue weighted by molar-refractivity contribution is -0.270. The normalized spacial score (nSPS) is 31.2. The van der Waals surface area contributed by atoms with Crippen LogP contribution < -0.4 is 0 Å². The van der Waals surface area contributed by atoms with Crippen LogP contribution in [0.1, 0.15) is 32.4 Å². The van der Waals surface area contributed by atoms with Gasteiger partial charge in [-0.1, -0.05) is 30.3 Å². The summed E-state index contributed by atoms with van der Waals surface area (Å²) < 4.78 is 11.4. The van der Waals surface area contributed by atoms with E-state index in [0.717, 1.165) is 13.1 Å². The van der Waals surface area contributed by atoms with Crippen LogP contribution in [0.5, 0.6) is 0 Å². The van der Waals surface area contributed by atoms with E-state index in [0.29, 0.717) is 6.04 Å². The Kier molecular flexibility index (Phi) is 4.05. The smallest absolute Gasteiger partial charge is 0.178 e. The fourth-order valence-electron chi connectivity index (χ4n) is 2.61.